The van der Waals surface area contributed by atoms with Crippen molar-refractivity contribution in [2.45, 2.75) is 44.6 Å². The van der Waals surface area contributed by atoms with Crippen LogP contribution in [-0.2, 0) is 11.2 Å². The van der Waals surface area contributed by atoms with Crippen molar-refractivity contribution in [1.29, 1.82) is 0 Å². The summed E-state index contributed by atoms with van der Waals surface area (Å²) in [5.41, 5.74) is 1.08. The first-order valence-electron chi connectivity index (χ1n) is 8.69. The van der Waals surface area contributed by atoms with Gasteiger partial charge in [-0.2, -0.15) is 0 Å². The maximum absolute atomic E-state index is 13.3. The average Bonchev–Trinajstić information content (AvgIpc) is 3.23. The van der Waals surface area contributed by atoms with Gasteiger partial charge in [-0.15, -0.1) is 0 Å². The minimum atomic E-state index is -0.323. The zero-order chi connectivity index (χ0) is 15.2. The molecule has 2 bridgehead atoms. The van der Waals surface area contributed by atoms with Crippen LogP contribution >= 0.6 is 0 Å². The van der Waals surface area contributed by atoms with Crippen LogP contribution in [0.2, 0.25) is 0 Å². The molecule has 2 saturated carbocycles. The van der Waals surface area contributed by atoms with Crippen molar-refractivity contribution in [2.75, 3.05) is 13.1 Å². The summed E-state index contributed by atoms with van der Waals surface area (Å²) in [6.45, 7) is 1.26. The molecule has 118 valence electrons. The number of likely N-dealkylation sites (tertiary alicyclic amines) is 1. The van der Waals surface area contributed by atoms with E-state index in [-0.39, 0.29) is 11.5 Å². The Morgan fingerprint density at radius 3 is 2.64 bits per heavy atom. The minimum Gasteiger partial charge on any atom is -0.391 e. The third kappa shape index (κ3) is 2.26. The molecule has 2 aliphatic carbocycles. The second-order valence-corrected chi connectivity index (χ2v) is 7.59. The number of hydrogen-bond donors (Lipinski definition) is 1. The first-order valence-corrected chi connectivity index (χ1v) is 8.69. The van der Waals surface area contributed by atoms with Crippen molar-refractivity contribution >= 4 is 5.91 Å². The molecule has 1 N–H and O–H groups in total. The number of nitrogens with zero attached hydrogens (tertiary/aromatic N) is 1. The fourth-order valence-electron chi connectivity index (χ4n) is 5.20. The zero-order valence-corrected chi connectivity index (χ0v) is 13.1. The van der Waals surface area contributed by atoms with E-state index in [0.717, 1.165) is 31.7 Å². The lowest BCUT2D eigenvalue weighted by molar-refractivity contribution is -0.144. The molecule has 0 spiro atoms. The minimum absolute atomic E-state index is 0.200. The van der Waals surface area contributed by atoms with Gasteiger partial charge < -0.3 is 10.0 Å². The number of fused-ring (bicyclic) bond motifs is 2. The Morgan fingerprint density at radius 2 is 2.05 bits per heavy atom. The summed E-state index contributed by atoms with van der Waals surface area (Å²) >= 11 is 0. The van der Waals surface area contributed by atoms with Crippen molar-refractivity contribution < 1.29 is 9.90 Å². The molecule has 1 amide bonds. The fourth-order valence-corrected chi connectivity index (χ4v) is 5.20. The summed E-state index contributed by atoms with van der Waals surface area (Å²) in [7, 11) is 0. The van der Waals surface area contributed by atoms with Crippen LogP contribution < -0.4 is 0 Å². The number of benzene rings is 1. The van der Waals surface area contributed by atoms with Gasteiger partial charge in [0, 0.05) is 13.1 Å². The van der Waals surface area contributed by atoms with Crippen molar-refractivity contribution in [1.82, 2.24) is 4.90 Å². The molecule has 3 heteroatoms. The molecular weight excluding hydrogens is 274 g/mol. The third-order valence-electron chi connectivity index (χ3n) is 6.21. The Hall–Kier alpha value is -1.35. The summed E-state index contributed by atoms with van der Waals surface area (Å²) < 4.78 is 0. The number of carbonyl (C=O) groups excluding carboxylic acids is 1. The van der Waals surface area contributed by atoms with Crippen molar-refractivity contribution in [3.05, 3.63) is 35.9 Å². The maximum atomic E-state index is 13.3. The summed E-state index contributed by atoms with van der Waals surface area (Å²) in [5.74, 6) is 1.60. The van der Waals surface area contributed by atoms with Gasteiger partial charge in [-0.3, -0.25) is 4.79 Å². The Bertz CT molecular complexity index is 558. The topological polar surface area (TPSA) is 40.5 Å². The summed E-state index contributed by atoms with van der Waals surface area (Å²) in [5, 5.41) is 9.80. The molecule has 1 heterocycles. The van der Waals surface area contributed by atoms with E-state index in [1.165, 1.54) is 24.8 Å². The predicted molar refractivity (Wildman–Crippen MR) is 85.2 cm³/mol. The lowest BCUT2D eigenvalue weighted by Crippen LogP contribution is -2.47. The van der Waals surface area contributed by atoms with Gasteiger partial charge in [0.25, 0.3) is 0 Å². The summed E-state index contributed by atoms with van der Waals surface area (Å²) in [6.07, 6.45) is 6.09. The summed E-state index contributed by atoms with van der Waals surface area (Å²) in [6, 6.07) is 10.5. The lowest BCUT2D eigenvalue weighted by Gasteiger charge is -2.39. The van der Waals surface area contributed by atoms with E-state index in [1.807, 2.05) is 11.0 Å². The van der Waals surface area contributed by atoms with E-state index in [2.05, 4.69) is 24.3 Å². The number of rotatable bonds is 3. The van der Waals surface area contributed by atoms with E-state index in [4.69, 9.17) is 0 Å². The van der Waals surface area contributed by atoms with Gasteiger partial charge >= 0.3 is 0 Å². The molecule has 1 aliphatic heterocycles. The monoisotopic (exact) mass is 299 g/mol. The second-order valence-electron chi connectivity index (χ2n) is 7.59. The molecule has 4 atom stereocenters. The van der Waals surface area contributed by atoms with E-state index in [0.29, 0.717) is 18.4 Å². The van der Waals surface area contributed by atoms with Crippen LogP contribution in [-0.4, -0.2) is 35.1 Å². The molecule has 1 aromatic rings. The lowest BCUT2D eigenvalue weighted by atomic mass is 9.68. The van der Waals surface area contributed by atoms with Gasteiger partial charge in [0.1, 0.15) is 0 Å². The molecule has 0 radical (unpaired) electrons. The molecule has 3 unspecified atom stereocenters. The Balaban J connectivity index is 1.63. The van der Waals surface area contributed by atoms with Gasteiger partial charge in [0.2, 0.25) is 5.91 Å². The highest BCUT2D eigenvalue weighted by Gasteiger charge is 2.56. The van der Waals surface area contributed by atoms with Crippen LogP contribution in [0.4, 0.5) is 0 Å². The van der Waals surface area contributed by atoms with Crippen LogP contribution in [0.5, 0.6) is 0 Å². The Morgan fingerprint density at radius 1 is 1.23 bits per heavy atom. The SMILES string of the molecule is O=C(N1CC[C@@H](O)C1)C1(Cc2ccccc2)CC2CCC1C2. The van der Waals surface area contributed by atoms with Gasteiger partial charge in [-0.1, -0.05) is 36.8 Å². The van der Waals surface area contributed by atoms with Crippen molar-refractivity contribution in [3.8, 4) is 0 Å². The van der Waals surface area contributed by atoms with E-state index < -0.39 is 0 Å². The smallest absolute Gasteiger partial charge is 0.229 e. The number of amides is 1. The van der Waals surface area contributed by atoms with Crippen molar-refractivity contribution in [2.24, 2.45) is 17.3 Å². The first-order chi connectivity index (χ1) is 10.7. The highest BCUT2D eigenvalue weighted by molar-refractivity contribution is 5.84. The third-order valence-corrected chi connectivity index (χ3v) is 6.21. The van der Waals surface area contributed by atoms with Crippen LogP contribution in [0.1, 0.15) is 37.7 Å². The van der Waals surface area contributed by atoms with Crippen LogP contribution in [0.25, 0.3) is 0 Å². The second kappa shape index (κ2) is 5.38. The zero-order valence-electron chi connectivity index (χ0n) is 13.1. The average molecular weight is 299 g/mol. The van der Waals surface area contributed by atoms with E-state index >= 15 is 0 Å². The van der Waals surface area contributed by atoms with Gasteiger partial charge in [-0.25, -0.2) is 0 Å². The van der Waals surface area contributed by atoms with Gasteiger partial charge in [0.05, 0.1) is 11.5 Å². The normalized spacial score (nSPS) is 37.0. The molecule has 3 aliphatic rings. The van der Waals surface area contributed by atoms with Gasteiger partial charge in [0.15, 0.2) is 0 Å². The van der Waals surface area contributed by atoms with Crippen LogP contribution in [0, 0.1) is 17.3 Å². The Kier molecular flexibility index (Phi) is 3.48. The molecule has 0 aromatic heterocycles. The highest BCUT2D eigenvalue weighted by Crippen LogP contribution is 2.58. The number of β-amino-alcohol motifs (C(OH)–C–C–N with tert-alkyl or cyclic N) is 1. The Labute approximate surface area is 132 Å². The molecule has 22 heavy (non-hydrogen) atoms. The van der Waals surface area contributed by atoms with Gasteiger partial charge in [-0.05, 0) is 49.5 Å². The molecule has 4 rings (SSSR count). The standard InChI is InChI=1S/C19H25NO2/c21-17-8-9-20(13-17)18(22)19(11-14-4-2-1-3-5-14)12-15-6-7-16(19)10-15/h1-5,15-17,21H,6-13H2/t15?,16?,17-,19?/m1/s1. The first kappa shape index (κ1) is 14.3. The number of hydrogen-bond acceptors (Lipinski definition) is 2. The molecule has 1 saturated heterocycles. The predicted octanol–water partition coefficient (Wildman–Crippen LogP) is 2.63. The molecule has 3 fully saturated rings. The number of aliphatic hydroxyl groups excluding tert-OH is 1. The largest absolute Gasteiger partial charge is 0.391 e. The van der Waals surface area contributed by atoms with E-state index in [1.54, 1.807) is 0 Å². The molecular formula is C19H25NO2. The quantitative estimate of drug-likeness (QED) is 0.932. The number of carbonyl (C=O) groups is 1. The number of aliphatic hydroxyl groups is 1. The van der Waals surface area contributed by atoms with Crippen LogP contribution in [0.3, 0.4) is 0 Å². The molecule has 1 aromatic carbocycles. The van der Waals surface area contributed by atoms with Crippen LogP contribution in [0.15, 0.2) is 30.3 Å². The highest BCUT2D eigenvalue weighted by atomic mass is 16.3. The van der Waals surface area contributed by atoms with E-state index in [9.17, 15) is 9.90 Å². The molecule has 3 nitrogen and oxygen atoms in total. The maximum Gasteiger partial charge on any atom is 0.229 e. The van der Waals surface area contributed by atoms with Crippen molar-refractivity contribution in [3.63, 3.8) is 0 Å². The summed E-state index contributed by atoms with van der Waals surface area (Å²) in [4.78, 5) is 15.3. The fraction of sp³-hybridized carbons (Fsp3) is 0.632.